The first kappa shape index (κ1) is 21.9. The minimum absolute atomic E-state index is 0.211. The van der Waals surface area contributed by atoms with Crippen LogP contribution in [0.5, 0.6) is 0 Å². The number of hydrogen-bond donors (Lipinski definition) is 2. The molecule has 8 nitrogen and oxygen atoms in total. The van der Waals surface area contributed by atoms with Crippen LogP contribution in [0, 0.1) is 0 Å². The first-order valence-corrected chi connectivity index (χ1v) is 11.1. The van der Waals surface area contributed by atoms with E-state index in [9.17, 15) is 18.0 Å². The third-order valence-electron chi connectivity index (χ3n) is 4.77. The summed E-state index contributed by atoms with van der Waals surface area (Å²) in [7, 11) is -3.54. The van der Waals surface area contributed by atoms with Crippen LogP contribution in [0.15, 0.2) is 59.5 Å². The zero-order chi connectivity index (χ0) is 21.6. The van der Waals surface area contributed by atoms with Gasteiger partial charge in [0.1, 0.15) is 6.04 Å². The monoisotopic (exact) mass is 431 g/mol. The smallest absolute Gasteiger partial charge is 0.251 e. The number of ether oxygens (including phenoxy) is 1. The number of rotatable bonds is 7. The molecule has 1 heterocycles. The van der Waals surface area contributed by atoms with Gasteiger partial charge in [0.25, 0.3) is 5.91 Å². The Kier molecular flexibility index (Phi) is 7.20. The molecule has 2 aromatic carbocycles. The Balaban J connectivity index is 1.53. The van der Waals surface area contributed by atoms with E-state index in [0.29, 0.717) is 31.9 Å². The van der Waals surface area contributed by atoms with Gasteiger partial charge >= 0.3 is 0 Å². The Labute approximate surface area is 176 Å². The second-order valence-electron chi connectivity index (χ2n) is 6.94. The molecule has 2 amide bonds. The molecule has 30 heavy (non-hydrogen) atoms. The number of nitrogens with zero attached hydrogens (tertiary/aromatic N) is 1. The molecule has 1 saturated heterocycles. The van der Waals surface area contributed by atoms with Crippen molar-refractivity contribution in [1.29, 1.82) is 0 Å². The maximum Gasteiger partial charge on any atom is 0.251 e. The minimum Gasteiger partial charge on any atom is -0.379 e. The number of benzene rings is 2. The van der Waals surface area contributed by atoms with Crippen LogP contribution in [-0.2, 0) is 26.1 Å². The van der Waals surface area contributed by atoms with Gasteiger partial charge in [0.2, 0.25) is 15.9 Å². The second-order valence-corrected chi connectivity index (χ2v) is 8.88. The van der Waals surface area contributed by atoms with Gasteiger partial charge in [-0.2, -0.15) is 4.31 Å². The van der Waals surface area contributed by atoms with Crippen LogP contribution in [0.1, 0.15) is 22.8 Å². The molecule has 0 bridgehead atoms. The van der Waals surface area contributed by atoms with E-state index in [4.69, 9.17) is 4.74 Å². The van der Waals surface area contributed by atoms with Gasteiger partial charge in [0, 0.05) is 25.2 Å². The normalized spacial score (nSPS) is 15.9. The van der Waals surface area contributed by atoms with Crippen molar-refractivity contribution in [2.45, 2.75) is 24.4 Å². The fourth-order valence-corrected chi connectivity index (χ4v) is 4.40. The summed E-state index contributed by atoms with van der Waals surface area (Å²) in [4.78, 5) is 24.6. The van der Waals surface area contributed by atoms with Crippen molar-refractivity contribution in [3.8, 4) is 0 Å². The Morgan fingerprint density at radius 1 is 1.03 bits per heavy atom. The van der Waals surface area contributed by atoms with Crippen molar-refractivity contribution >= 4 is 21.8 Å². The summed E-state index contributed by atoms with van der Waals surface area (Å²) in [6, 6.07) is 14.4. The summed E-state index contributed by atoms with van der Waals surface area (Å²) < 4.78 is 31.9. The lowest BCUT2D eigenvalue weighted by molar-refractivity contribution is -0.122. The molecule has 0 aromatic heterocycles. The highest BCUT2D eigenvalue weighted by molar-refractivity contribution is 7.89. The van der Waals surface area contributed by atoms with Crippen LogP contribution in [0.4, 0.5) is 0 Å². The van der Waals surface area contributed by atoms with E-state index in [1.807, 2.05) is 6.07 Å². The lowest BCUT2D eigenvalue weighted by Gasteiger charge is -2.26. The highest BCUT2D eigenvalue weighted by Crippen LogP contribution is 2.17. The number of sulfonamides is 1. The Bertz CT molecular complexity index is 971. The lowest BCUT2D eigenvalue weighted by Crippen LogP contribution is -2.44. The zero-order valence-electron chi connectivity index (χ0n) is 16.7. The summed E-state index contributed by atoms with van der Waals surface area (Å²) in [5.74, 6) is -0.653. The Hall–Kier alpha value is -2.75. The quantitative estimate of drug-likeness (QED) is 0.684. The standard InChI is InChI=1S/C21H25N3O5S/c1-16(23-21(26)18-5-3-2-4-6-18)20(25)22-15-17-7-9-19(10-8-17)30(27,28)24-11-13-29-14-12-24/h2-10,16H,11-15H2,1H3,(H,22,25)(H,23,26)/t16-/m0/s1. The van der Waals surface area contributed by atoms with E-state index >= 15 is 0 Å². The first-order valence-electron chi connectivity index (χ1n) is 9.68. The topological polar surface area (TPSA) is 105 Å². The zero-order valence-corrected chi connectivity index (χ0v) is 17.5. The summed E-state index contributed by atoms with van der Waals surface area (Å²) in [6.07, 6.45) is 0. The van der Waals surface area contributed by atoms with Gasteiger partial charge in [0.05, 0.1) is 18.1 Å². The molecule has 0 saturated carbocycles. The van der Waals surface area contributed by atoms with E-state index < -0.39 is 16.1 Å². The summed E-state index contributed by atoms with van der Waals surface area (Å²) in [5.41, 5.74) is 1.24. The van der Waals surface area contributed by atoms with Crippen molar-refractivity contribution in [3.05, 3.63) is 65.7 Å². The largest absolute Gasteiger partial charge is 0.379 e. The van der Waals surface area contributed by atoms with E-state index in [2.05, 4.69) is 10.6 Å². The van der Waals surface area contributed by atoms with Crippen molar-refractivity contribution in [1.82, 2.24) is 14.9 Å². The van der Waals surface area contributed by atoms with Crippen LogP contribution < -0.4 is 10.6 Å². The van der Waals surface area contributed by atoms with E-state index in [1.165, 1.54) is 16.4 Å². The SMILES string of the molecule is C[C@H](NC(=O)c1ccccc1)C(=O)NCc1ccc(S(=O)(=O)N2CCOCC2)cc1. The minimum atomic E-state index is -3.54. The Morgan fingerprint density at radius 3 is 2.30 bits per heavy atom. The van der Waals surface area contributed by atoms with Crippen LogP contribution >= 0.6 is 0 Å². The van der Waals surface area contributed by atoms with Crippen molar-refractivity contribution < 1.29 is 22.7 Å². The second kappa shape index (κ2) is 9.84. The average molecular weight is 432 g/mol. The molecule has 160 valence electrons. The predicted molar refractivity (Wildman–Crippen MR) is 111 cm³/mol. The summed E-state index contributed by atoms with van der Waals surface area (Å²) in [5, 5.41) is 5.40. The number of carbonyl (C=O) groups is 2. The molecule has 1 aliphatic heterocycles. The van der Waals surface area contributed by atoms with Crippen molar-refractivity contribution in [3.63, 3.8) is 0 Å². The first-order chi connectivity index (χ1) is 14.4. The fourth-order valence-electron chi connectivity index (χ4n) is 2.99. The van der Waals surface area contributed by atoms with E-state index in [-0.39, 0.29) is 23.3 Å². The van der Waals surface area contributed by atoms with Crippen LogP contribution in [-0.4, -0.2) is 56.9 Å². The maximum atomic E-state index is 12.6. The van der Waals surface area contributed by atoms with Gasteiger partial charge in [0.15, 0.2) is 0 Å². The third kappa shape index (κ3) is 5.44. The van der Waals surface area contributed by atoms with Gasteiger partial charge in [-0.3, -0.25) is 9.59 Å². The van der Waals surface area contributed by atoms with Crippen molar-refractivity contribution in [2.75, 3.05) is 26.3 Å². The molecule has 9 heteroatoms. The molecular weight excluding hydrogens is 406 g/mol. The van der Waals surface area contributed by atoms with E-state index in [0.717, 1.165) is 5.56 Å². The van der Waals surface area contributed by atoms with Gasteiger partial charge in [-0.15, -0.1) is 0 Å². The molecule has 0 unspecified atom stereocenters. The molecule has 2 N–H and O–H groups in total. The maximum absolute atomic E-state index is 12.6. The molecular formula is C21H25N3O5S. The van der Waals surface area contributed by atoms with Gasteiger partial charge < -0.3 is 15.4 Å². The highest BCUT2D eigenvalue weighted by atomic mass is 32.2. The summed E-state index contributed by atoms with van der Waals surface area (Å²) in [6.45, 7) is 3.29. The van der Waals surface area contributed by atoms with Crippen LogP contribution in [0.3, 0.4) is 0 Å². The molecule has 1 fully saturated rings. The fraction of sp³-hybridized carbons (Fsp3) is 0.333. The number of nitrogens with one attached hydrogen (secondary N) is 2. The average Bonchev–Trinajstić information content (AvgIpc) is 2.78. The third-order valence-corrected chi connectivity index (χ3v) is 6.69. The molecule has 1 atom stereocenters. The number of morpholine rings is 1. The molecule has 0 aliphatic carbocycles. The van der Waals surface area contributed by atoms with Crippen LogP contribution in [0.25, 0.3) is 0 Å². The molecule has 0 radical (unpaired) electrons. The Morgan fingerprint density at radius 2 is 1.67 bits per heavy atom. The number of amides is 2. The summed E-state index contributed by atoms with van der Waals surface area (Å²) >= 11 is 0. The van der Waals surface area contributed by atoms with Crippen LogP contribution in [0.2, 0.25) is 0 Å². The molecule has 2 aromatic rings. The van der Waals surface area contributed by atoms with Crippen molar-refractivity contribution in [2.24, 2.45) is 0 Å². The number of hydrogen-bond acceptors (Lipinski definition) is 5. The molecule has 3 rings (SSSR count). The highest BCUT2D eigenvalue weighted by Gasteiger charge is 2.26. The van der Waals surface area contributed by atoms with Gasteiger partial charge in [-0.1, -0.05) is 30.3 Å². The lowest BCUT2D eigenvalue weighted by atomic mass is 10.2. The number of carbonyl (C=O) groups excluding carboxylic acids is 2. The van der Waals surface area contributed by atoms with Gasteiger partial charge in [-0.05, 0) is 36.8 Å². The predicted octanol–water partition coefficient (Wildman–Crippen LogP) is 1.14. The molecule has 0 spiro atoms. The van der Waals surface area contributed by atoms with Gasteiger partial charge in [-0.25, -0.2) is 8.42 Å². The molecule has 1 aliphatic rings. The van der Waals surface area contributed by atoms with E-state index in [1.54, 1.807) is 43.3 Å².